The lowest BCUT2D eigenvalue weighted by atomic mass is 10.0. The molecule has 0 spiro atoms. The molecule has 0 radical (unpaired) electrons. The Morgan fingerprint density at radius 1 is 1.43 bits per heavy atom. The summed E-state index contributed by atoms with van der Waals surface area (Å²) in [6.07, 6.45) is 1.15. The Bertz CT molecular complexity index is 336. The summed E-state index contributed by atoms with van der Waals surface area (Å²) in [7, 11) is 0. The monoisotopic (exact) mass is 195 g/mol. The van der Waals surface area contributed by atoms with Gasteiger partial charge in [0.1, 0.15) is 5.75 Å². The molecule has 0 aliphatic heterocycles. The number of hydrogen-bond donors (Lipinski definition) is 3. The number of phenolic OH excluding ortho intramolecular Hbond substituents is 1. The fourth-order valence-electron chi connectivity index (χ4n) is 1.28. The first-order valence-corrected chi connectivity index (χ1v) is 4.37. The third kappa shape index (κ3) is 2.47. The number of hydrogen-bond acceptors (Lipinski definition) is 3. The molecule has 0 bridgehead atoms. The molecule has 4 nitrogen and oxygen atoms in total. The van der Waals surface area contributed by atoms with Crippen molar-refractivity contribution in [2.75, 3.05) is 6.61 Å². The summed E-state index contributed by atoms with van der Waals surface area (Å²) in [5, 5.41) is 17.8. The average Bonchev–Trinajstić information content (AvgIpc) is 2.15. The first kappa shape index (κ1) is 10.5. The second-order valence-electron chi connectivity index (χ2n) is 3.03. The summed E-state index contributed by atoms with van der Waals surface area (Å²) in [5.74, 6) is -0.541. The van der Waals surface area contributed by atoms with Crippen LogP contribution < -0.4 is 5.73 Å². The number of aliphatic hydroxyl groups excluding tert-OH is 1. The first-order chi connectivity index (χ1) is 6.65. The average molecular weight is 195 g/mol. The molecule has 1 aromatic rings. The van der Waals surface area contributed by atoms with Gasteiger partial charge in [0.2, 0.25) is 5.91 Å². The molecule has 0 fully saturated rings. The van der Waals surface area contributed by atoms with E-state index in [1.165, 1.54) is 12.1 Å². The summed E-state index contributed by atoms with van der Waals surface area (Å²) in [6.45, 7) is 0.0685. The topological polar surface area (TPSA) is 83.6 Å². The van der Waals surface area contributed by atoms with Crippen LogP contribution in [0.4, 0.5) is 0 Å². The van der Waals surface area contributed by atoms with Crippen LogP contribution in [0.5, 0.6) is 5.75 Å². The van der Waals surface area contributed by atoms with Crippen molar-refractivity contribution in [2.24, 2.45) is 5.73 Å². The summed E-state index contributed by atoms with van der Waals surface area (Å²) in [5.41, 5.74) is 6.21. The van der Waals surface area contributed by atoms with Gasteiger partial charge in [0.05, 0.1) is 0 Å². The first-order valence-electron chi connectivity index (χ1n) is 4.37. The number of phenols is 1. The maximum atomic E-state index is 11.0. The van der Waals surface area contributed by atoms with Crippen molar-refractivity contribution in [1.29, 1.82) is 0 Å². The number of primary amides is 1. The second-order valence-corrected chi connectivity index (χ2v) is 3.03. The molecular weight excluding hydrogens is 182 g/mol. The lowest BCUT2D eigenvalue weighted by molar-refractivity contribution is 0.0999. The lowest BCUT2D eigenvalue weighted by Gasteiger charge is -2.05. The third-order valence-electron chi connectivity index (χ3n) is 1.96. The molecule has 76 valence electrons. The van der Waals surface area contributed by atoms with Gasteiger partial charge in [-0.25, -0.2) is 0 Å². The normalized spacial score (nSPS) is 10.1. The molecule has 0 aliphatic rings. The number of aryl methyl sites for hydroxylation is 1. The van der Waals surface area contributed by atoms with Gasteiger partial charge in [-0.1, -0.05) is 6.07 Å². The van der Waals surface area contributed by atoms with E-state index in [0.29, 0.717) is 18.4 Å². The zero-order valence-corrected chi connectivity index (χ0v) is 7.73. The fourth-order valence-corrected chi connectivity index (χ4v) is 1.28. The molecule has 0 saturated carbocycles. The Hall–Kier alpha value is -1.55. The molecule has 0 aromatic heterocycles. The maximum Gasteiger partial charge on any atom is 0.249 e. The molecule has 1 rings (SSSR count). The number of amides is 1. The lowest BCUT2D eigenvalue weighted by Crippen LogP contribution is -2.13. The minimum absolute atomic E-state index is 0.0200. The molecule has 4 heteroatoms. The van der Waals surface area contributed by atoms with E-state index in [9.17, 15) is 4.79 Å². The van der Waals surface area contributed by atoms with Crippen molar-refractivity contribution >= 4 is 5.91 Å². The van der Waals surface area contributed by atoms with Gasteiger partial charge in [-0.05, 0) is 30.5 Å². The van der Waals surface area contributed by atoms with Gasteiger partial charge >= 0.3 is 0 Å². The van der Waals surface area contributed by atoms with Gasteiger partial charge in [-0.2, -0.15) is 0 Å². The van der Waals surface area contributed by atoms with Gasteiger partial charge in [-0.15, -0.1) is 0 Å². The predicted molar refractivity (Wildman–Crippen MR) is 52.0 cm³/mol. The molecule has 0 saturated heterocycles. The van der Waals surface area contributed by atoms with Crippen LogP contribution in [-0.4, -0.2) is 22.7 Å². The Morgan fingerprint density at radius 3 is 2.71 bits per heavy atom. The van der Waals surface area contributed by atoms with Crippen molar-refractivity contribution in [3.63, 3.8) is 0 Å². The van der Waals surface area contributed by atoms with Crippen LogP contribution in [-0.2, 0) is 6.42 Å². The second kappa shape index (κ2) is 4.62. The minimum atomic E-state index is -0.561. The van der Waals surface area contributed by atoms with E-state index in [1.807, 2.05) is 0 Å². The smallest absolute Gasteiger partial charge is 0.249 e. The Morgan fingerprint density at radius 2 is 2.14 bits per heavy atom. The van der Waals surface area contributed by atoms with Crippen LogP contribution in [0, 0.1) is 0 Å². The highest BCUT2D eigenvalue weighted by atomic mass is 16.3. The van der Waals surface area contributed by atoms with Crippen molar-refractivity contribution in [3.05, 3.63) is 29.3 Å². The van der Waals surface area contributed by atoms with Gasteiger partial charge in [0, 0.05) is 12.2 Å². The number of rotatable bonds is 4. The minimum Gasteiger partial charge on any atom is -0.508 e. The van der Waals surface area contributed by atoms with Crippen molar-refractivity contribution in [2.45, 2.75) is 12.8 Å². The van der Waals surface area contributed by atoms with Crippen LogP contribution >= 0.6 is 0 Å². The van der Waals surface area contributed by atoms with Crippen molar-refractivity contribution in [3.8, 4) is 5.75 Å². The predicted octanol–water partition coefficient (Wildman–Crippen LogP) is 0.416. The van der Waals surface area contributed by atoms with Crippen LogP contribution in [0.25, 0.3) is 0 Å². The number of carbonyl (C=O) groups is 1. The van der Waals surface area contributed by atoms with Crippen molar-refractivity contribution < 1.29 is 15.0 Å². The standard InChI is InChI=1S/C10H13NO3/c11-10(14)9-6-8(13)4-3-7(9)2-1-5-12/h3-4,6,12-13H,1-2,5H2,(H2,11,14). The van der Waals surface area contributed by atoms with E-state index in [0.717, 1.165) is 5.56 Å². The summed E-state index contributed by atoms with van der Waals surface area (Å²) >= 11 is 0. The SMILES string of the molecule is NC(=O)c1cc(O)ccc1CCCO. The molecular formula is C10H13NO3. The zero-order valence-electron chi connectivity index (χ0n) is 7.73. The van der Waals surface area contributed by atoms with Gasteiger partial charge in [0.15, 0.2) is 0 Å². The molecule has 0 atom stereocenters. The maximum absolute atomic E-state index is 11.0. The van der Waals surface area contributed by atoms with E-state index < -0.39 is 5.91 Å². The van der Waals surface area contributed by atoms with Crippen LogP contribution in [0.3, 0.4) is 0 Å². The largest absolute Gasteiger partial charge is 0.508 e. The van der Waals surface area contributed by atoms with Crippen molar-refractivity contribution in [1.82, 2.24) is 0 Å². The number of carbonyl (C=O) groups excluding carboxylic acids is 1. The quantitative estimate of drug-likeness (QED) is 0.650. The summed E-state index contributed by atoms with van der Waals surface area (Å²) < 4.78 is 0. The van der Waals surface area contributed by atoms with E-state index in [2.05, 4.69) is 0 Å². The summed E-state index contributed by atoms with van der Waals surface area (Å²) in [4.78, 5) is 11.0. The molecule has 4 N–H and O–H groups in total. The van der Waals surface area contributed by atoms with Crippen LogP contribution in [0.2, 0.25) is 0 Å². The highest BCUT2D eigenvalue weighted by Gasteiger charge is 2.08. The molecule has 14 heavy (non-hydrogen) atoms. The highest BCUT2D eigenvalue weighted by molar-refractivity contribution is 5.94. The Kier molecular flexibility index (Phi) is 3.48. The van der Waals surface area contributed by atoms with Gasteiger partial charge < -0.3 is 15.9 Å². The van der Waals surface area contributed by atoms with Gasteiger partial charge in [-0.3, -0.25) is 4.79 Å². The molecule has 1 aromatic carbocycles. The molecule has 0 aliphatic carbocycles. The Balaban J connectivity index is 2.96. The number of aromatic hydroxyl groups is 1. The highest BCUT2D eigenvalue weighted by Crippen LogP contribution is 2.17. The van der Waals surface area contributed by atoms with Gasteiger partial charge in [0.25, 0.3) is 0 Å². The number of benzene rings is 1. The van der Waals surface area contributed by atoms with E-state index >= 15 is 0 Å². The third-order valence-corrected chi connectivity index (χ3v) is 1.96. The molecule has 0 unspecified atom stereocenters. The van der Waals surface area contributed by atoms with E-state index in [1.54, 1.807) is 6.07 Å². The molecule has 1 amide bonds. The Labute approximate surface area is 82.0 Å². The number of nitrogens with two attached hydrogens (primary N) is 1. The van der Waals surface area contributed by atoms with E-state index in [4.69, 9.17) is 15.9 Å². The zero-order chi connectivity index (χ0) is 10.6. The summed E-state index contributed by atoms with van der Waals surface area (Å²) in [6, 6.07) is 4.49. The fraction of sp³-hybridized carbons (Fsp3) is 0.300. The van der Waals surface area contributed by atoms with Crippen LogP contribution in [0.15, 0.2) is 18.2 Å². The molecule has 0 heterocycles. The van der Waals surface area contributed by atoms with E-state index in [-0.39, 0.29) is 12.4 Å². The number of aliphatic hydroxyl groups is 1. The van der Waals surface area contributed by atoms with Crippen LogP contribution in [0.1, 0.15) is 22.3 Å².